The Kier molecular flexibility index (Phi) is 2.70. The molecule has 0 saturated heterocycles. The largest absolute Gasteiger partial charge is 0.289 e. The third-order valence-corrected chi connectivity index (χ3v) is 2.71. The van der Waals surface area contributed by atoms with Gasteiger partial charge in [-0.1, -0.05) is 30.0 Å². The summed E-state index contributed by atoms with van der Waals surface area (Å²) in [6.07, 6.45) is 1.72. The highest BCUT2D eigenvalue weighted by atomic mass is 32.2. The molecule has 0 aliphatic carbocycles. The van der Waals surface area contributed by atoms with Crippen molar-refractivity contribution in [3.63, 3.8) is 0 Å². The summed E-state index contributed by atoms with van der Waals surface area (Å²) >= 11 is 1.39. The van der Waals surface area contributed by atoms with Crippen molar-refractivity contribution in [2.45, 2.75) is 9.92 Å². The standard InChI is InChI=1S/C11H8NOS/c13-9-5-1-2-6-10(9)14-11-7-3-4-8-12-11/h1-8H. The van der Waals surface area contributed by atoms with Gasteiger partial charge in [-0.15, -0.1) is 0 Å². The average Bonchev–Trinajstić information content (AvgIpc) is 2.23. The second-order valence-electron chi connectivity index (χ2n) is 2.72. The van der Waals surface area contributed by atoms with Gasteiger partial charge in [0.05, 0.1) is 4.90 Å². The molecule has 2 nitrogen and oxygen atoms in total. The molecule has 14 heavy (non-hydrogen) atoms. The van der Waals surface area contributed by atoms with Crippen molar-refractivity contribution in [1.29, 1.82) is 0 Å². The lowest BCUT2D eigenvalue weighted by molar-refractivity contribution is 0.344. The maximum atomic E-state index is 11.4. The molecule has 0 aliphatic heterocycles. The Morgan fingerprint density at radius 1 is 1.00 bits per heavy atom. The molecule has 1 aromatic carbocycles. The first kappa shape index (κ1) is 9.09. The van der Waals surface area contributed by atoms with E-state index in [0.717, 1.165) is 5.03 Å². The minimum Gasteiger partial charge on any atom is -0.289 e. The van der Waals surface area contributed by atoms with Crippen LogP contribution in [0, 0.1) is 0 Å². The molecular weight excluding hydrogens is 194 g/mol. The predicted molar refractivity (Wildman–Crippen MR) is 54.9 cm³/mol. The van der Waals surface area contributed by atoms with Crippen molar-refractivity contribution in [3.8, 4) is 5.75 Å². The molecule has 0 bridgehead atoms. The number of para-hydroxylation sites is 1. The average molecular weight is 202 g/mol. The van der Waals surface area contributed by atoms with Crippen molar-refractivity contribution in [2.24, 2.45) is 0 Å². The maximum Gasteiger partial charge on any atom is 0.192 e. The van der Waals surface area contributed by atoms with Gasteiger partial charge in [-0.25, -0.2) is 4.98 Å². The maximum absolute atomic E-state index is 11.4. The van der Waals surface area contributed by atoms with Crippen LogP contribution in [0.5, 0.6) is 5.75 Å². The lowest BCUT2D eigenvalue weighted by Gasteiger charge is -2.00. The van der Waals surface area contributed by atoms with Crippen molar-refractivity contribution in [3.05, 3.63) is 48.7 Å². The number of benzene rings is 1. The van der Waals surface area contributed by atoms with Gasteiger partial charge in [0, 0.05) is 6.20 Å². The molecule has 1 aromatic heterocycles. The van der Waals surface area contributed by atoms with Gasteiger partial charge >= 0.3 is 0 Å². The number of hydrogen-bond acceptors (Lipinski definition) is 2. The van der Waals surface area contributed by atoms with Crippen LogP contribution in [-0.4, -0.2) is 4.98 Å². The molecule has 0 saturated carbocycles. The summed E-state index contributed by atoms with van der Waals surface area (Å²) in [7, 11) is 0. The van der Waals surface area contributed by atoms with Crippen molar-refractivity contribution >= 4 is 11.8 Å². The fourth-order valence-electron chi connectivity index (χ4n) is 1.05. The van der Waals surface area contributed by atoms with Gasteiger partial charge in [0.1, 0.15) is 5.03 Å². The van der Waals surface area contributed by atoms with E-state index in [9.17, 15) is 5.11 Å². The summed E-state index contributed by atoms with van der Waals surface area (Å²) < 4.78 is 0. The van der Waals surface area contributed by atoms with Crippen LogP contribution < -0.4 is 0 Å². The lowest BCUT2D eigenvalue weighted by Crippen LogP contribution is -1.77. The zero-order chi connectivity index (χ0) is 9.80. The van der Waals surface area contributed by atoms with Gasteiger partial charge in [0.25, 0.3) is 0 Å². The van der Waals surface area contributed by atoms with Crippen LogP contribution in [0.25, 0.3) is 0 Å². The van der Waals surface area contributed by atoms with Crippen molar-refractivity contribution in [2.75, 3.05) is 0 Å². The Morgan fingerprint density at radius 3 is 2.50 bits per heavy atom. The topological polar surface area (TPSA) is 32.8 Å². The number of hydrogen-bond donors (Lipinski definition) is 0. The third-order valence-electron chi connectivity index (χ3n) is 1.70. The van der Waals surface area contributed by atoms with Gasteiger partial charge in [-0.2, -0.15) is 0 Å². The van der Waals surface area contributed by atoms with E-state index < -0.39 is 0 Å². The van der Waals surface area contributed by atoms with E-state index in [0.29, 0.717) is 4.90 Å². The monoisotopic (exact) mass is 202 g/mol. The second-order valence-corrected chi connectivity index (χ2v) is 3.78. The van der Waals surface area contributed by atoms with Crippen LogP contribution in [0.1, 0.15) is 0 Å². The zero-order valence-electron chi connectivity index (χ0n) is 7.38. The predicted octanol–water partition coefficient (Wildman–Crippen LogP) is 3.38. The van der Waals surface area contributed by atoms with Gasteiger partial charge in [0.15, 0.2) is 5.75 Å². The van der Waals surface area contributed by atoms with Crippen molar-refractivity contribution in [1.82, 2.24) is 4.98 Å². The molecule has 0 spiro atoms. The Balaban J connectivity index is 2.24. The molecule has 69 valence electrons. The van der Waals surface area contributed by atoms with Crippen LogP contribution in [0.15, 0.2) is 58.6 Å². The van der Waals surface area contributed by atoms with E-state index >= 15 is 0 Å². The van der Waals surface area contributed by atoms with Gasteiger partial charge < -0.3 is 0 Å². The first-order chi connectivity index (χ1) is 6.86. The van der Waals surface area contributed by atoms with Crippen molar-refractivity contribution < 1.29 is 5.11 Å². The van der Waals surface area contributed by atoms with Gasteiger partial charge in [-0.3, -0.25) is 5.11 Å². The zero-order valence-corrected chi connectivity index (χ0v) is 8.20. The van der Waals surface area contributed by atoms with E-state index in [-0.39, 0.29) is 5.75 Å². The van der Waals surface area contributed by atoms with Crippen LogP contribution >= 0.6 is 11.8 Å². The summed E-state index contributed by atoms with van der Waals surface area (Å²) in [4.78, 5) is 4.85. The van der Waals surface area contributed by atoms with Crippen LogP contribution in [0.4, 0.5) is 0 Å². The van der Waals surface area contributed by atoms with E-state index in [2.05, 4.69) is 4.98 Å². The van der Waals surface area contributed by atoms with Crippen LogP contribution in [-0.2, 0) is 5.11 Å². The highest BCUT2D eigenvalue weighted by Crippen LogP contribution is 2.32. The molecule has 2 aromatic rings. The second kappa shape index (κ2) is 4.15. The number of rotatable bonds is 2. The molecule has 1 heterocycles. The van der Waals surface area contributed by atoms with E-state index in [1.807, 2.05) is 30.3 Å². The smallest absolute Gasteiger partial charge is 0.192 e. The quantitative estimate of drug-likeness (QED) is 0.747. The summed E-state index contributed by atoms with van der Waals surface area (Å²) in [6.45, 7) is 0. The molecule has 0 atom stereocenters. The lowest BCUT2D eigenvalue weighted by atomic mass is 10.3. The summed E-state index contributed by atoms with van der Waals surface area (Å²) in [6, 6.07) is 12.6. The number of aromatic nitrogens is 1. The van der Waals surface area contributed by atoms with Gasteiger partial charge in [0.2, 0.25) is 0 Å². The minimum absolute atomic E-state index is 0.0446. The first-order valence-corrected chi connectivity index (χ1v) is 5.03. The van der Waals surface area contributed by atoms with E-state index in [1.54, 1.807) is 18.3 Å². The van der Waals surface area contributed by atoms with E-state index in [4.69, 9.17) is 0 Å². The van der Waals surface area contributed by atoms with Crippen LogP contribution in [0.2, 0.25) is 0 Å². The Labute approximate surface area is 86.6 Å². The fraction of sp³-hybridized carbons (Fsp3) is 0. The molecule has 0 N–H and O–H groups in total. The Bertz CT molecular complexity index is 417. The fourth-order valence-corrected chi connectivity index (χ4v) is 1.86. The number of nitrogens with zero attached hydrogens (tertiary/aromatic N) is 1. The number of pyridine rings is 1. The molecule has 0 unspecified atom stereocenters. The summed E-state index contributed by atoms with van der Waals surface area (Å²) in [5.41, 5.74) is 0. The molecule has 0 aliphatic rings. The Hall–Kier alpha value is -1.48. The first-order valence-electron chi connectivity index (χ1n) is 4.21. The molecule has 3 heteroatoms. The SMILES string of the molecule is [O]c1ccccc1Sc1ccccn1. The normalized spacial score (nSPS) is 10.0. The van der Waals surface area contributed by atoms with Gasteiger partial charge in [-0.05, 0) is 24.3 Å². The Morgan fingerprint density at radius 2 is 1.79 bits per heavy atom. The van der Waals surface area contributed by atoms with E-state index in [1.165, 1.54) is 11.8 Å². The molecule has 1 radical (unpaired) electrons. The molecule has 0 fully saturated rings. The minimum atomic E-state index is 0.0446. The highest BCUT2D eigenvalue weighted by Gasteiger charge is 2.03. The third kappa shape index (κ3) is 2.06. The summed E-state index contributed by atoms with van der Waals surface area (Å²) in [5, 5.41) is 12.2. The van der Waals surface area contributed by atoms with Crippen LogP contribution in [0.3, 0.4) is 0 Å². The summed E-state index contributed by atoms with van der Waals surface area (Å²) in [5.74, 6) is 0.0446. The highest BCUT2D eigenvalue weighted by molar-refractivity contribution is 7.99. The molecule has 0 amide bonds. The molecule has 2 rings (SSSR count). The molecular formula is C11H8NOS.